The van der Waals surface area contributed by atoms with E-state index < -0.39 is 7.12 Å². The van der Waals surface area contributed by atoms with Gasteiger partial charge in [0, 0.05) is 43.8 Å². The first-order chi connectivity index (χ1) is 30.0. The Bertz CT molecular complexity index is 2700. The molecule has 0 aliphatic carbocycles. The molecule has 10 aromatic rings. The number of aromatic nitrogens is 6. The van der Waals surface area contributed by atoms with Gasteiger partial charge < -0.3 is 18.9 Å². The molecule has 0 atom stereocenters. The van der Waals surface area contributed by atoms with Crippen LogP contribution in [0.5, 0.6) is 5.75 Å². The smallest absolute Gasteiger partial charge is 0.870 e. The summed E-state index contributed by atoms with van der Waals surface area (Å²) in [7, 11) is -1.96. The molecule has 3 aromatic heterocycles. The summed E-state index contributed by atoms with van der Waals surface area (Å²) in [5.74, 6) is -0.305. The van der Waals surface area contributed by atoms with Crippen LogP contribution < -0.4 is 5.11 Å². The summed E-state index contributed by atoms with van der Waals surface area (Å²) in [5, 5.41) is 27.5. The van der Waals surface area contributed by atoms with E-state index in [2.05, 4.69) is 178 Å². The minimum absolute atomic E-state index is 0. The zero-order chi connectivity index (χ0) is 41.5. The zero-order valence-electron chi connectivity index (χ0n) is 33.2. The second-order valence-electron chi connectivity index (χ2n) is 14.4. The van der Waals surface area contributed by atoms with Crippen LogP contribution in [0.15, 0.2) is 218 Å². The van der Waals surface area contributed by atoms with Gasteiger partial charge in [-0.1, -0.05) is 217 Å². The van der Waals surface area contributed by atoms with E-state index in [1.807, 2.05) is 36.4 Å². The van der Waals surface area contributed by atoms with Crippen molar-refractivity contribution in [1.29, 1.82) is 0 Å². The van der Waals surface area contributed by atoms with E-state index >= 15 is 0 Å². The Balaban J connectivity index is 0.000000473. The molecule has 0 amide bonds. The molecule has 62 heavy (non-hydrogen) atoms. The predicted octanol–water partition coefficient (Wildman–Crippen LogP) is 12.0. The molecular weight excluding hydrogens is 853 g/mol. The van der Waals surface area contributed by atoms with E-state index in [0.717, 1.165) is 67.5 Å². The fourth-order valence-corrected chi connectivity index (χ4v) is 7.93. The van der Waals surface area contributed by atoms with Gasteiger partial charge in [0.25, 0.3) is 0 Å². The average Bonchev–Trinajstić information content (AvgIpc) is 4.09. The van der Waals surface area contributed by atoms with Crippen molar-refractivity contribution in [3.63, 3.8) is 0 Å². The fourth-order valence-electron chi connectivity index (χ4n) is 7.53. The van der Waals surface area contributed by atoms with Gasteiger partial charge in [-0.15, -0.1) is 0 Å². The number of rotatable bonds is 9. The fraction of sp³-hybridized carbons (Fsp3) is 0. The zero-order valence-corrected chi connectivity index (χ0v) is 35.7. The number of hydrogen-bond donors (Lipinski definition) is 0. The molecule has 10 rings (SSSR count). The first-order valence-corrected chi connectivity index (χ1v) is 20.7. The molecule has 1 radical (unpaired) electrons. The Kier molecular flexibility index (Phi) is 13.0. The van der Waals surface area contributed by atoms with Crippen LogP contribution in [0.25, 0.3) is 67.5 Å². The van der Waals surface area contributed by atoms with E-state index in [1.165, 1.54) is 12.1 Å². The van der Waals surface area contributed by atoms with Crippen LogP contribution in [-0.2, 0) is 16.8 Å². The van der Waals surface area contributed by atoms with E-state index in [9.17, 15) is 5.11 Å². The largest absolute Gasteiger partial charge is 2.00 e. The molecule has 3 heterocycles. The molecular formula is C51H37BCl2CoN6O. The summed E-state index contributed by atoms with van der Waals surface area (Å²) < 4.78 is 6.50. The Morgan fingerprint density at radius 2 is 0.581 bits per heavy atom. The molecule has 7 aromatic carbocycles. The van der Waals surface area contributed by atoms with Crippen LogP contribution >= 0.6 is 23.2 Å². The number of para-hydroxylation sites is 1. The molecule has 7 nitrogen and oxygen atoms in total. The SMILES string of the molecule is [Co+2].[O-]c1c(Cl)cccc1Cl.c1ccc(-c2cc(-c3ccccc3)n([BH-](n3nc(-c4ccccc4)cc3-c3ccccc3)n3nc(-c4ccccc4)cc3-c3ccccc3)n2)cc1. The quantitative estimate of drug-likeness (QED) is 0.135. The van der Waals surface area contributed by atoms with Crippen LogP contribution in [0, 0.1) is 0 Å². The third kappa shape index (κ3) is 8.93. The Labute approximate surface area is 380 Å². The summed E-state index contributed by atoms with van der Waals surface area (Å²) in [6.45, 7) is 0. The van der Waals surface area contributed by atoms with E-state index in [4.69, 9.17) is 38.5 Å². The van der Waals surface area contributed by atoms with Crippen molar-refractivity contribution in [3.8, 4) is 73.3 Å². The molecule has 0 spiro atoms. The van der Waals surface area contributed by atoms with Crippen LogP contribution in [0.2, 0.25) is 10.0 Å². The Morgan fingerprint density at radius 1 is 0.339 bits per heavy atom. The Hall–Kier alpha value is -6.88. The normalized spacial score (nSPS) is 10.8. The molecule has 0 fully saturated rings. The van der Waals surface area contributed by atoms with Crippen LogP contribution in [0.1, 0.15) is 0 Å². The third-order valence-electron chi connectivity index (χ3n) is 10.5. The summed E-state index contributed by atoms with van der Waals surface area (Å²) in [5.41, 5.74) is 11.9. The van der Waals surface area contributed by atoms with Gasteiger partial charge in [0.05, 0.1) is 17.1 Å². The topological polar surface area (TPSA) is 76.5 Å². The molecule has 0 N–H and O–H groups in total. The third-order valence-corrected chi connectivity index (χ3v) is 11.1. The van der Waals surface area contributed by atoms with Gasteiger partial charge in [-0.3, -0.25) is 0 Å². The minimum atomic E-state index is -1.96. The first-order valence-electron chi connectivity index (χ1n) is 19.9. The van der Waals surface area contributed by atoms with Crippen molar-refractivity contribution >= 4 is 30.3 Å². The van der Waals surface area contributed by atoms with Crippen molar-refractivity contribution in [2.75, 3.05) is 0 Å². The maximum Gasteiger partial charge on any atom is 2.00 e. The van der Waals surface area contributed by atoms with Gasteiger partial charge in [0.1, 0.15) is 0 Å². The van der Waals surface area contributed by atoms with Crippen molar-refractivity contribution in [1.82, 2.24) is 29.1 Å². The van der Waals surface area contributed by atoms with Gasteiger partial charge in [-0.25, -0.2) is 15.3 Å². The summed E-state index contributed by atoms with van der Waals surface area (Å²) >= 11 is 10.8. The molecule has 0 saturated carbocycles. The molecule has 11 heteroatoms. The van der Waals surface area contributed by atoms with Gasteiger partial charge in [-0.05, 0) is 47.0 Å². The van der Waals surface area contributed by atoms with Crippen LogP contribution in [0.4, 0.5) is 0 Å². The van der Waals surface area contributed by atoms with E-state index in [1.54, 1.807) is 6.07 Å². The number of hydrogen-bond acceptors (Lipinski definition) is 4. The summed E-state index contributed by atoms with van der Waals surface area (Å²) in [4.78, 5) is 0. The number of benzene rings is 7. The molecule has 0 saturated heterocycles. The number of nitrogens with zero attached hydrogens (tertiary/aromatic N) is 6. The van der Waals surface area contributed by atoms with E-state index in [-0.39, 0.29) is 32.6 Å². The van der Waals surface area contributed by atoms with Gasteiger partial charge in [-0.2, -0.15) is 0 Å². The number of halogens is 2. The summed E-state index contributed by atoms with van der Waals surface area (Å²) in [6, 6.07) is 73.8. The maximum atomic E-state index is 10.7. The molecule has 0 unspecified atom stereocenters. The summed E-state index contributed by atoms with van der Waals surface area (Å²) in [6.07, 6.45) is 0. The molecule has 0 bridgehead atoms. The van der Waals surface area contributed by atoms with Gasteiger partial charge in [0.2, 0.25) is 0 Å². The monoisotopic (exact) mass is 889 g/mol. The second-order valence-corrected chi connectivity index (χ2v) is 15.2. The molecule has 0 aliphatic heterocycles. The van der Waals surface area contributed by atoms with Gasteiger partial charge in [0.15, 0.2) is 0 Å². The van der Waals surface area contributed by atoms with Crippen molar-refractivity contribution in [2.24, 2.45) is 0 Å². The second kappa shape index (κ2) is 19.2. The maximum absolute atomic E-state index is 10.7. The van der Waals surface area contributed by atoms with Crippen molar-refractivity contribution < 1.29 is 21.9 Å². The van der Waals surface area contributed by atoms with Crippen LogP contribution in [-0.4, -0.2) is 36.2 Å². The minimum Gasteiger partial charge on any atom is -0.870 e. The average molecular weight is 891 g/mol. The van der Waals surface area contributed by atoms with Crippen molar-refractivity contribution in [2.45, 2.75) is 0 Å². The first kappa shape index (κ1) is 41.8. The van der Waals surface area contributed by atoms with Crippen molar-refractivity contribution in [3.05, 3.63) is 228 Å². The molecule has 0 aliphatic rings. The predicted molar refractivity (Wildman–Crippen MR) is 249 cm³/mol. The van der Waals surface area contributed by atoms with Crippen LogP contribution in [0.3, 0.4) is 0 Å². The van der Waals surface area contributed by atoms with E-state index in [0.29, 0.717) is 0 Å². The van der Waals surface area contributed by atoms with Gasteiger partial charge >= 0.3 is 23.9 Å². The Morgan fingerprint density at radius 3 is 0.823 bits per heavy atom. The standard InChI is InChI=1S/C45H34BN6.C6H4Cl2O.Co/c1-7-19-34(20-8-1)40-31-43(37-25-13-4-14-26-37)50(47-40)46(51-44(38-27-15-5-16-28-38)32-41(48-51)35-21-9-2-10-22-35)52-45(39-29-17-6-18-30-39)33-42(49-52)36-23-11-3-12-24-36;7-4-2-1-3-5(8)6(4)9;/h1-33,46H;1-3,9H;/q-1;;+2/p-1. The molecule has 303 valence electrons.